The van der Waals surface area contributed by atoms with Crippen LogP contribution >= 0.6 is 39.1 Å². The van der Waals surface area contributed by atoms with Gasteiger partial charge in [-0.3, -0.25) is 9.59 Å². The van der Waals surface area contributed by atoms with Crippen LogP contribution < -0.4 is 10.1 Å². The van der Waals surface area contributed by atoms with Crippen molar-refractivity contribution in [2.24, 2.45) is 0 Å². The number of halogens is 3. The van der Waals surface area contributed by atoms with E-state index in [1.54, 1.807) is 29.2 Å². The van der Waals surface area contributed by atoms with Crippen LogP contribution in [-0.4, -0.2) is 35.4 Å². The van der Waals surface area contributed by atoms with Crippen LogP contribution in [0.4, 0.5) is 0 Å². The summed E-state index contributed by atoms with van der Waals surface area (Å²) in [6, 6.07) is 21.3. The van der Waals surface area contributed by atoms with Gasteiger partial charge in [0.15, 0.2) is 6.61 Å². The molecular weight excluding hydrogens is 563 g/mol. The number of carbonyl (C=O) groups is 2. The van der Waals surface area contributed by atoms with Gasteiger partial charge >= 0.3 is 0 Å². The average molecular weight is 592 g/mol. The van der Waals surface area contributed by atoms with Crippen molar-refractivity contribution in [1.29, 1.82) is 0 Å². The number of rotatable bonds is 11. The second-order valence-electron chi connectivity index (χ2n) is 8.50. The van der Waals surface area contributed by atoms with E-state index in [4.69, 9.17) is 27.9 Å². The van der Waals surface area contributed by atoms with Crippen LogP contribution in [0.2, 0.25) is 10.0 Å². The predicted molar refractivity (Wildman–Crippen MR) is 148 cm³/mol. The molecule has 0 aliphatic rings. The summed E-state index contributed by atoms with van der Waals surface area (Å²) < 4.78 is 6.58. The second kappa shape index (κ2) is 13.7. The third-order valence-electron chi connectivity index (χ3n) is 5.82. The molecule has 190 valence electrons. The molecule has 2 amide bonds. The summed E-state index contributed by atoms with van der Waals surface area (Å²) in [7, 11) is 0. The molecule has 0 heterocycles. The van der Waals surface area contributed by atoms with Crippen LogP contribution in [0, 0.1) is 0 Å². The highest BCUT2D eigenvalue weighted by molar-refractivity contribution is 9.10. The summed E-state index contributed by atoms with van der Waals surface area (Å²) in [5.74, 6) is -0.195. The monoisotopic (exact) mass is 590 g/mol. The number of amides is 2. The van der Waals surface area contributed by atoms with Crippen molar-refractivity contribution < 1.29 is 14.3 Å². The van der Waals surface area contributed by atoms with E-state index in [0.717, 1.165) is 22.0 Å². The maximum Gasteiger partial charge on any atom is 0.261 e. The van der Waals surface area contributed by atoms with Gasteiger partial charge in [0.05, 0.1) is 5.02 Å². The van der Waals surface area contributed by atoms with Crippen molar-refractivity contribution in [1.82, 2.24) is 10.2 Å². The van der Waals surface area contributed by atoms with E-state index in [9.17, 15) is 9.59 Å². The Bertz CT molecular complexity index is 1180. The summed E-state index contributed by atoms with van der Waals surface area (Å²) in [6.45, 7) is 3.81. The van der Waals surface area contributed by atoms with Gasteiger partial charge in [-0.1, -0.05) is 94.6 Å². The van der Waals surface area contributed by atoms with E-state index < -0.39 is 6.04 Å². The molecule has 2 atom stereocenters. The van der Waals surface area contributed by atoms with Crippen molar-refractivity contribution in [3.8, 4) is 5.75 Å². The third-order valence-corrected chi connectivity index (χ3v) is 6.97. The number of hydrogen-bond donors (Lipinski definition) is 1. The highest BCUT2D eigenvalue weighted by Crippen LogP contribution is 2.28. The Morgan fingerprint density at radius 3 is 2.36 bits per heavy atom. The van der Waals surface area contributed by atoms with Crippen molar-refractivity contribution in [3.63, 3.8) is 0 Å². The maximum atomic E-state index is 13.6. The fourth-order valence-electron chi connectivity index (χ4n) is 3.62. The topological polar surface area (TPSA) is 58.6 Å². The lowest BCUT2D eigenvalue weighted by Gasteiger charge is -2.32. The number of nitrogens with one attached hydrogen (secondary N) is 1. The molecule has 3 aromatic carbocycles. The van der Waals surface area contributed by atoms with E-state index in [1.165, 1.54) is 0 Å². The molecule has 0 unspecified atom stereocenters. The van der Waals surface area contributed by atoms with Gasteiger partial charge in [0.25, 0.3) is 5.91 Å². The van der Waals surface area contributed by atoms with Gasteiger partial charge in [-0.05, 0) is 48.7 Å². The molecule has 0 fully saturated rings. The molecule has 5 nitrogen and oxygen atoms in total. The first-order valence-corrected chi connectivity index (χ1v) is 13.3. The zero-order chi connectivity index (χ0) is 26.1. The molecular formula is C28H29BrCl2N2O3. The summed E-state index contributed by atoms with van der Waals surface area (Å²) in [5, 5.41) is 3.94. The molecule has 0 saturated heterocycles. The zero-order valence-corrected chi connectivity index (χ0v) is 23.3. The first-order chi connectivity index (χ1) is 17.3. The van der Waals surface area contributed by atoms with Crippen LogP contribution in [0.5, 0.6) is 5.75 Å². The van der Waals surface area contributed by atoms with Gasteiger partial charge < -0.3 is 15.0 Å². The summed E-state index contributed by atoms with van der Waals surface area (Å²) in [5.41, 5.74) is 1.68. The number of carbonyl (C=O) groups excluding carboxylic acids is 2. The lowest BCUT2D eigenvalue weighted by molar-refractivity contribution is -0.143. The van der Waals surface area contributed by atoms with Gasteiger partial charge in [0.2, 0.25) is 5.91 Å². The van der Waals surface area contributed by atoms with Crippen molar-refractivity contribution in [3.05, 3.63) is 98.4 Å². The van der Waals surface area contributed by atoms with Crippen LogP contribution in [0.3, 0.4) is 0 Å². The molecule has 0 aromatic heterocycles. The summed E-state index contributed by atoms with van der Waals surface area (Å²) in [6.07, 6.45) is 1.12. The standard InChI is InChI=1S/C28H29BrCl2N2O3/c1-3-19(2)32-28(35)25(15-20-9-5-4-6-10-20)33(17-21-11-7-8-12-23(21)30)27(34)18-36-26-14-13-22(29)16-24(26)31/h4-14,16,19,25H,3,15,17-18H2,1-2H3,(H,32,35)/t19-,25+/m1/s1. The average Bonchev–Trinajstić information content (AvgIpc) is 2.87. The SMILES string of the molecule is CC[C@@H](C)NC(=O)[C@H](Cc1ccccc1)N(Cc1ccccc1Cl)C(=O)COc1ccc(Br)cc1Cl. The van der Waals surface area contributed by atoms with Crippen molar-refractivity contribution in [2.75, 3.05) is 6.61 Å². The second-order valence-corrected chi connectivity index (χ2v) is 10.2. The van der Waals surface area contributed by atoms with E-state index in [0.29, 0.717) is 22.2 Å². The minimum absolute atomic E-state index is 0.0362. The van der Waals surface area contributed by atoms with Gasteiger partial charge in [0.1, 0.15) is 11.8 Å². The van der Waals surface area contributed by atoms with E-state index in [-0.39, 0.29) is 31.0 Å². The minimum atomic E-state index is -0.769. The molecule has 3 rings (SSSR count). The normalized spacial score (nSPS) is 12.5. The molecule has 8 heteroatoms. The lowest BCUT2D eigenvalue weighted by Crippen LogP contribution is -2.53. The van der Waals surface area contributed by atoms with Crippen molar-refractivity contribution in [2.45, 2.75) is 45.3 Å². The number of benzene rings is 3. The molecule has 0 bridgehead atoms. The molecule has 36 heavy (non-hydrogen) atoms. The molecule has 3 aromatic rings. The fourth-order valence-corrected chi connectivity index (χ4v) is 4.54. The van der Waals surface area contributed by atoms with Gasteiger partial charge in [-0.25, -0.2) is 0 Å². The fraction of sp³-hybridized carbons (Fsp3) is 0.286. The summed E-state index contributed by atoms with van der Waals surface area (Å²) >= 11 is 16.1. The highest BCUT2D eigenvalue weighted by Gasteiger charge is 2.31. The highest BCUT2D eigenvalue weighted by atomic mass is 79.9. The van der Waals surface area contributed by atoms with Crippen LogP contribution in [0.15, 0.2) is 77.3 Å². The molecule has 0 saturated carbocycles. The first-order valence-electron chi connectivity index (χ1n) is 11.7. The van der Waals surface area contributed by atoms with Crippen LogP contribution in [0.1, 0.15) is 31.4 Å². The van der Waals surface area contributed by atoms with Crippen molar-refractivity contribution >= 4 is 50.9 Å². The van der Waals surface area contributed by atoms with E-state index in [2.05, 4.69) is 21.2 Å². The molecule has 0 aliphatic heterocycles. The Morgan fingerprint density at radius 2 is 1.69 bits per heavy atom. The summed E-state index contributed by atoms with van der Waals surface area (Å²) in [4.78, 5) is 28.7. The van der Waals surface area contributed by atoms with Crippen LogP contribution in [0.25, 0.3) is 0 Å². The van der Waals surface area contributed by atoms with Gasteiger partial charge in [-0.2, -0.15) is 0 Å². The predicted octanol–water partition coefficient (Wildman–Crippen LogP) is 6.69. The molecule has 1 N–H and O–H groups in total. The Kier molecular flexibility index (Phi) is 10.7. The zero-order valence-electron chi connectivity index (χ0n) is 20.2. The van der Waals surface area contributed by atoms with E-state index in [1.807, 2.05) is 62.4 Å². The molecule has 0 spiro atoms. The Hall–Kier alpha value is -2.54. The maximum absolute atomic E-state index is 13.6. The smallest absolute Gasteiger partial charge is 0.261 e. The minimum Gasteiger partial charge on any atom is -0.482 e. The number of nitrogens with zero attached hydrogens (tertiary/aromatic N) is 1. The quantitative estimate of drug-likeness (QED) is 0.270. The number of ether oxygens (including phenoxy) is 1. The molecule has 0 aliphatic carbocycles. The van der Waals surface area contributed by atoms with Gasteiger partial charge in [-0.15, -0.1) is 0 Å². The third kappa shape index (κ3) is 7.99. The van der Waals surface area contributed by atoms with Crippen LogP contribution in [-0.2, 0) is 22.6 Å². The Balaban J connectivity index is 1.93. The number of hydrogen-bond acceptors (Lipinski definition) is 3. The Labute approximate surface area is 230 Å². The van der Waals surface area contributed by atoms with E-state index >= 15 is 0 Å². The molecule has 0 radical (unpaired) electrons. The van der Waals surface area contributed by atoms with Gasteiger partial charge in [0, 0.05) is 28.5 Å². The first kappa shape index (κ1) is 28.0. The largest absolute Gasteiger partial charge is 0.482 e. The Morgan fingerprint density at radius 1 is 1.00 bits per heavy atom. The lowest BCUT2D eigenvalue weighted by atomic mass is 10.0.